The molecule has 0 bridgehead atoms. The fourth-order valence-corrected chi connectivity index (χ4v) is 1.54. The molecule has 0 aliphatic rings. The fourth-order valence-electron chi connectivity index (χ4n) is 1.54. The third-order valence-corrected chi connectivity index (χ3v) is 2.37. The van der Waals surface area contributed by atoms with Gasteiger partial charge in [-0.25, -0.2) is 0 Å². The van der Waals surface area contributed by atoms with Crippen LogP contribution in [0.2, 0.25) is 0 Å². The van der Waals surface area contributed by atoms with E-state index < -0.39 is 0 Å². The second-order valence-corrected chi connectivity index (χ2v) is 3.62. The summed E-state index contributed by atoms with van der Waals surface area (Å²) >= 11 is 0. The topological polar surface area (TPSA) is 33.1 Å². The van der Waals surface area contributed by atoms with Gasteiger partial charge in [0.2, 0.25) is 0 Å². The highest BCUT2D eigenvalue weighted by molar-refractivity contribution is 5.36. The maximum atomic E-state index is 9.39. The first-order chi connectivity index (χ1) is 7.25. The van der Waals surface area contributed by atoms with Crippen molar-refractivity contribution < 1.29 is 5.11 Å². The second kappa shape index (κ2) is 4.13. The molecule has 0 saturated heterocycles. The maximum absolute atomic E-state index is 9.39. The summed E-state index contributed by atoms with van der Waals surface area (Å²) in [6, 6.07) is 11.5. The van der Waals surface area contributed by atoms with Crippen LogP contribution in [0.4, 0.5) is 0 Å². The molecule has 76 valence electrons. The Morgan fingerprint density at radius 1 is 1.20 bits per heavy atom. The SMILES string of the molecule is Cc1cc(Cc2ccccn2)ccc1O. The van der Waals surface area contributed by atoms with Crippen molar-refractivity contribution in [3.63, 3.8) is 0 Å². The third-order valence-electron chi connectivity index (χ3n) is 2.37. The summed E-state index contributed by atoms with van der Waals surface area (Å²) in [5.41, 5.74) is 3.12. The largest absolute Gasteiger partial charge is 0.508 e. The van der Waals surface area contributed by atoms with Crippen molar-refractivity contribution in [2.24, 2.45) is 0 Å². The zero-order chi connectivity index (χ0) is 10.7. The van der Waals surface area contributed by atoms with Crippen LogP contribution in [-0.4, -0.2) is 10.1 Å². The summed E-state index contributed by atoms with van der Waals surface area (Å²) in [7, 11) is 0. The van der Waals surface area contributed by atoms with Gasteiger partial charge in [0.25, 0.3) is 0 Å². The van der Waals surface area contributed by atoms with E-state index in [1.54, 1.807) is 12.3 Å². The van der Waals surface area contributed by atoms with Crippen LogP contribution >= 0.6 is 0 Å². The lowest BCUT2D eigenvalue weighted by Gasteiger charge is -2.03. The minimum absolute atomic E-state index is 0.347. The molecule has 2 heteroatoms. The van der Waals surface area contributed by atoms with Gasteiger partial charge in [-0.05, 0) is 36.2 Å². The predicted molar refractivity (Wildman–Crippen MR) is 59.9 cm³/mol. The van der Waals surface area contributed by atoms with Gasteiger partial charge in [0.15, 0.2) is 0 Å². The Balaban J connectivity index is 2.22. The number of pyridine rings is 1. The number of hydrogen-bond acceptors (Lipinski definition) is 2. The Morgan fingerprint density at radius 2 is 2.07 bits per heavy atom. The molecule has 1 heterocycles. The Labute approximate surface area is 89.2 Å². The van der Waals surface area contributed by atoms with Crippen LogP contribution < -0.4 is 0 Å². The summed E-state index contributed by atoms with van der Waals surface area (Å²) in [4.78, 5) is 4.26. The van der Waals surface area contributed by atoms with Crippen LogP contribution in [0.1, 0.15) is 16.8 Å². The van der Waals surface area contributed by atoms with Gasteiger partial charge in [0.05, 0.1) is 0 Å². The van der Waals surface area contributed by atoms with Gasteiger partial charge in [-0.1, -0.05) is 18.2 Å². The van der Waals surface area contributed by atoms with E-state index in [1.165, 1.54) is 5.56 Å². The molecule has 1 N–H and O–H groups in total. The molecule has 0 atom stereocenters. The molecule has 1 aromatic carbocycles. The van der Waals surface area contributed by atoms with Gasteiger partial charge >= 0.3 is 0 Å². The normalized spacial score (nSPS) is 10.2. The zero-order valence-electron chi connectivity index (χ0n) is 8.64. The molecule has 2 aromatic rings. The van der Waals surface area contributed by atoms with E-state index >= 15 is 0 Å². The Morgan fingerprint density at radius 3 is 2.73 bits per heavy atom. The number of rotatable bonds is 2. The molecular formula is C13H13NO. The maximum Gasteiger partial charge on any atom is 0.118 e. The molecular weight excluding hydrogens is 186 g/mol. The smallest absolute Gasteiger partial charge is 0.118 e. The lowest BCUT2D eigenvalue weighted by atomic mass is 10.1. The van der Waals surface area contributed by atoms with Crippen molar-refractivity contribution in [2.75, 3.05) is 0 Å². The Kier molecular flexibility index (Phi) is 2.68. The van der Waals surface area contributed by atoms with Crippen molar-refractivity contribution in [3.05, 3.63) is 59.4 Å². The van der Waals surface area contributed by atoms with Gasteiger partial charge in [-0.3, -0.25) is 4.98 Å². The van der Waals surface area contributed by atoms with Crippen LogP contribution in [0.15, 0.2) is 42.6 Å². The number of benzene rings is 1. The van der Waals surface area contributed by atoms with Crippen molar-refractivity contribution in [1.29, 1.82) is 0 Å². The molecule has 0 spiro atoms. The number of aromatic nitrogens is 1. The van der Waals surface area contributed by atoms with E-state index in [0.29, 0.717) is 5.75 Å². The van der Waals surface area contributed by atoms with Gasteiger partial charge < -0.3 is 5.11 Å². The number of phenolic OH excluding ortho intramolecular Hbond substituents is 1. The molecule has 0 radical (unpaired) electrons. The molecule has 0 aliphatic heterocycles. The van der Waals surface area contributed by atoms with Crippen molar-refractivity contribution in [1.82, 2.24) is 4.98 Å². The molecule has 2 rings (SSSR count). The third kappa shape index (κ3) is 2.34. The van der Waals surface area contributed by atoms with E-state index in [1.807, 2.05) is 37.3 Å². The van der Waals surface area contributed by atoms with Gasteiger partial charge in [-0.15, -0.1) is 0 Å². The second-order valence-electron chi connectivity index (χ2n) is 3.62. The van der Waals surface area contributed by atoms with Crippen molar-refractivity contribution >= 4 is 0 Å². The summed E-state index contributed by atoms with van der Waals surface area (Å²) in [6.45, 7) is 1.90. The van der Waals surface area contributed by atoms with Gasteiger partial charge in [-0.2, -0.15) is 0 Å². The monoisotopic (exact) mass is 199 g/mol. The molecule has 0 saturated carbocycles. The quantitative estimate of drug-likeness (QED) is 0.806. The minimum atomic E-state index is 0.347. The van der Waals surface area contributed by atoms with Crippen molar-refractivity contribution in [3.8, 4) is 5.75 Å². The van der Waals surface area contributed by atoms with Crippen LogP contribution in [0, 0.1) is 6.92 Å². The molecule has 0 unspecified atom stereocenters. The molecule has 0 fully saturated rings. The summed E-state index contributed by atoms with van der Waals surface area (Å²) in [5.74, 6) is 0.347. The number of nitrogens with zero attached hydrogens (tertiary/aromatic N) is 1. The molecule has 15 heavy (non-hydrogen) atoms. The van der Waals surface area contributed by atoms with Crippen LogP contribution in [-0.2, 0) is 6.42 Å². The average Bonchev–Trinajstić information content (AvgIpc) is 2.25. The average molecular weight is 199 g/mol. The summed E-state index contributed by atoms with van der Waals surface area (Å²) in [6.07, 6.45) is 2.60. The lowest BCUT2D eigenvalue weighted by Crippen LogP contribution is -1.91. The minimum Gasteiger partial charge on any atom is -0.508 e. The number of aromatic hydroxyl groups is 1. The Bertz CT molecular complexity index is 451. The number of aryl methyl sites for hydroxylation is 1. The Hall–Kier alpha value is -1.83. The van der Waals surface area contributed by atoms with E-state index in [4.69, 9.17) is 0 Å². The van der Waals surface area contributed by atoms with Gasteiger partial charge in [0.1, 0.15) is 5.75 Å². The highest BCUT2D eigenvalue weighted by Gasteiger charge is 2.00. The summed E-state index contributed by atoms with van der Waals surface area (Å²) in [5, 5.41) is 9.39. The van der Waals surface area contributed by atoms with Crippen LogP contribution in [0.5, 0.6) is 5.75 Å². The van der Waals surface area contributed by atoms with Crippen LogP contribution in [0.3, 0.4) is 0 Å². The zero-order valence-corrected chi connectivity index (χ0v) is 8.64. The molecule has 1 aromatic heterocycles. The number of phenols is 1. The molecule has 0 aliphatic carbocycles. The van der Waals surface area contributed by atoms with E-state index in [-0.39, 0.29) is 0 Å². The van der Waals surface area contributed by atoms with Gasteiger partial charge in [0, 0.05) is 18.3 Å². The number of hydrogen-bond donors (Lipinski definition) is 1. The van der Waals surface area contributed by atoms with E-state index in [0.717, 1.165) is 17.7 Å². The molecule has 2 nitrogen and oxygen atoms in total. The standard InChI is InChI=1S/C13H13NO/c1-10-8-11(5-6-13(10)15)9-12-4-2-3-7-14-12/h2-8,15H,9H2,1H3. The highest BCUT2D eigenvalue weighted by atomic mass is 16.3. The first kappa shape index (κ1) is 9.71. The first-order valence-electron chi connectivity index (χ1n) is 4.94. The fraction of sp³-hybridized carbons (Fsp3) is 0.154. The van der Waals surface area contributed by atoms with E-state index in [9.17, 15) is 5.11 Å². The van der Waals surface area contributed by atoms with E-state index in [2.05, 4.69) is 4.98 Å². The highest BCUT2D eigenvalue weighted by Crippen LogP contribution is 2.18. The van der Waals surface area contributed by atoms with Crippen LogP contribution in [0.25, 0.3) is 0 Å². The first-order valence-corrected chi connectivity index (χ1v) is 4.94. The summed E-state index contributed by atoms with van der Waals surface area (Å²) < 4.78 is 0. The molecule has 0 amide bonds. The predicted octanol–water partition coefficient (Wildman–Crippen LogP) is 2.69. The van der Waals surface area contributed by atoms with Crippen molar-refractivity contribution in [2.45, 2.75) is 13.3 Å². The lowest BCUT2D eigenvalue weighted by molar-refractivity contribution is 0.471.